The summed E-state index contributed by atoms with van der Waals surface area (Å²) in [5, 5.41) is 5.23. The van der Waals surface area contributed by atoms with Gasteiger partial charge in [-0.2, -0.15) is 0 Å². The quantitative estimate of drug-likeness (QED) is 0.884. The van der Waals surface area contributed by atoms with Crippen molar-refractivity contribution in [1.82, 2.24) is 0 Å². The van der Waals surface area contributed by atoms with Crippen LogP contribution in [0.3, 0.4) is 0 Å². The molecule has 0 spiro atoms. The number of nitrogens with one attached hydrogen (secondary N) is 2. The fourth-order valence-corrected chi connectivity index (χ4v) is 3.93. The average Bonchev–Trinajstić information content (AvgIpc) is 3.08. The molecule has 2 amide bonds. The molecule has 25 heavy (non-hydrogen) atoms. The zero-order valence-electron chi connectivity index (χ0n) is 13.4. The van der Waals surface area contributed by atoms with Crippen molar-refractivity contribution in [1.29, 1.82) is 0 Å². The molecule has 2 aromatic carbocycles. The Morgan fingerprint density at radius 2 is 2.04 bits per heavy atom. The van der Waals surface area contributed by atoms with Crippen LogP contribution in [0.4, 0.5) is 11.4 Å². The van der Waals surface area contributed by atoms with E-state index in [0.717, 1.165) is 10.6 Å². The number of anilines is 2. The summed E-state index contributed by atoms with van der Waals surface area (Å²) in [4.78, 5) is 25.9. The Bertz CT molecular complexity index is 855. The lowest BCUT2D eigenvalue weighted by Gasteiger charge is -2.27. The number of carbonyl (C=O) groups excluding carboxylic acids is 2. The van der Waals surface area contributed by atoms with Gasteiger partial charge in [0.05, 0.1) is 16.9 Å². The van der Waals surface area contributed by atoms with E-state index in [2.05, 4.69) is 10.6 Å². The maximum atomic E-state index is 12.6. The third-order valence-corrected chi connectivity index (χ3v) is 5.65. The van der Waals surface area contributed by atoms with Crippen LogP contribution in [0.2, 0.25) is 0 Å². The highest BCUT2D eigenvalue weighted by Gasteiger charge is 2.35. The number of rotatable bonds is 3. The van der Waals surface area contributed by atoms with Gasteiger partial charge in [-0.25, -0.2) is 0 Å². The number of carbonyl (C=O) groups is 2. The van der Waals surface area contributed by atoms with Crippen LogP contribution < -0.4 is 20.1 Å². The fourth-order valence-electron chi connectivity index (χ4n) is 2.76. The van der Waals surface area contributed by atoms with Crippen LogP contribution >= 0.6 is 11.8 Å². The number of fused-ring (bicyclic) bond motifs is 2. The number of hydrogen-bond donors (Lipinski definition) is 2. The van der Waals surface area contributed by atoms with Crippen molar-refractivity contribution in [3.8, 4) is 11.5 Å². The highest BCUT2D eigenvalue weighted by molar-refractivity contribution is 8.01. The maximum Gasteiger partial charge on any atom is 0.238 e. The summed E-state index contributed by atoms with van der Waals surface area (Å²) in [5.41, 5.74) is 1.40. The van der Waals surface area contributed by atoms with E-state index in [4.69, 9.17) is 9.47 Å². The van der Waals surface area contributed by atoms with E-state index < -0.39 is 11.2 Å². The molecule has 2 unspecified atom stereocenters. The van der Waals surface area contributed by atoms with Crippen LogP contribution in [0.25, 0.3) is 0 Å². The van der Waals surface area contributed by atoms with Gasteiger partial charge in [0.15, 0.2) is 11.5 Å². The van der Waals surface area contributed by atoms with Crippen molar-refractivity contribution in [2.24, 2.45) is 5.92 Å². The topological polar surface area (TPSA) is 76.7 Å². The molecule has 2 heterocycles. The van der Waals surface area contributed by atoms with Crippen molar-refractivity contribution in [2.75, 3.05) is 17.4 Å². The lowest BCUT2D eigenvalue weighted by Crippen LogP contribution is -2.39. The van der Waals surface area contributed by atoms with Gasteiger partial charge in [-0.05, 0) is 24.3 Å². The molecule has 0 aromatic heterocycles. The molecule has 0 fully saturated rings. The van der Waals surface area contributed by atoms with Crippen LogP contribution in [0.1, 0.15) is 6.92 Å². The van der Waals surface area contributed by atoms with Gasteiger partial charge >= 0.3 is 0 Å². The molecular formula is C18H16N2O4S. The summed E-state index contributed by atoms with van der Waals surface area (Å²) in [6, 6.07) is 12.8. The molecule has 2 aromatic rings. The Morgan fingerprint density at radius 3 is 2.92 bits per heavy atom. The molecule has 128 valence electrons. The standard InChI is InChI=1S/C18H16N2O4S/c1-10(16-18(22)20-12-4-2-3-5-15(12)25-16)17(21)19-11-6-7-13-14(8-11)24-9-23-13/h2-8,10,16H,9H2,1H3,(H,19,21)(H,20,22). The Labute approximate surface area is 148 Å². The monoisotopic (exact) mass is 356 g/mol. The second-order valence-corrected chi connectivity index (χ2v) is 7.05. The van der Waals surface area contributed by atoms with E-state index in [-0.39, 0.29) is 18.6 Å². The molecule has 0 radical (unpaired) electrons. The molecule has 0 saturated carbocycles. The van der Waals surface area contributed by atoms with E-state index in [1.54, 1.807) is 25.1 Å². The molecule has 2 aliphatic rings. The first-order valence-electron chi connectivity index (χ1n) is 7.89. The van der Waals surface area contributed by atoms with Crippen molar-refractivity contribution < 1.29 is 19.1 Å². The van der Waals surface area contributed by atoms with Crippen LogP contribution in [0, 0.1) is 5.92 Å². The van der Waals surface area contributed by atoms with Crippen molar-refractivity contribution in [3.05, 3.63) is 42.5 Å². The number of benzene rings is 2. The minimum Gasteiger partial charge on any atom is -0.454 e. The average molecular weight is 356 g/mol. The van der Waals surface area contributed by atoms with Crippen molar-refractivity contribution in [2.45, 2.75) is 17.1 Å². The summed E-state index contributed by atoms with van der Waals surface area (Å²) in [5.74, 6) is 0.390. The van der Waals surface area contributed by atoms with Crippen molar-refractivity contribution >= 4 is 35.0 Å². The Hall–Kier alpha value is -2.67. The summed E-state index contributed by atoms with van der Waals surface area (Å²) in [7, 11) is 0. The van der Waals surface area contributed by atoms with E-state index in [1.165, 1.54) is 11.8 Å². The van der Waals surface area contributed by atoms with Gasteiger partial charge in [0.1, 0.15) is 0 Å². The zero-order valence-corrected chi connectivity index (χ0v) is 14.3. The molecule has 6 nitrogen and oxygen atoms in total. The van der Waals surface area contributed by atoms with Gasteiger partial charge in [-0.3, -0.25) is 9.59 Å². The molecule has 2 atom stereocenters. The fraction of sp³-hybridized carbons (Fsp3) is 0.222. The summed E-state index contributed by atoms with van der Waals surface area (Å²) >= 11 is 1.41. The number of para-hydroxylation sites is 1. The highest BCUT2D eigenvalue weighted by Crippen LogP contribution is 2.39. The van der Waals surface area contributed by atoms with Crippen LogP contribution in [-0.4, -0.2) is 23.9 Å². The largest absolute Gasteiger partial charge is 0.454 e. The van der Waals surface area contributed by atoms with E-state index in [9.17, 15) is 9.59 Å². The third kappa shape index (κ3) is 3.02. The second-order valence-electron chi connectivity index (χ2n) is 5.87. The van der Waals surface area contributed by atoms with Crippen molar-refractivity contribution in [3.63, 3.8) is 0 Å². The van der Waals surface area contributed by atoms with Gasteiger partial charge in [-0.15, -0.1) is 11.8 Å². The van der Waals surface area contributed by atoms with Gasteiger partial charge in [0.2, 0.25) is 18.6 Å². The summed E-state index contributed by atoms with van der Waals surface area (Å²) < 4.78 is 10.6. The van der Waals surface area contributed by atoms with Gasteiger partial charge in [0.25, 0.3) is 0 Å². The number of amides is 2. The van der Waals surface area contributed by atoms with Crippen LogP contribution in [0.15, 0.2) is 47.4 Å². The number of hydrogen-bond acceptors (Lipinski definition) is 5. The Morgan fingerprint density at radius 1 is 1.24 bits per heavy atom. The third-order valence-electron chi connectivity index (χ3n) is 4.17. The summed E-state index contributed by atoms with van der Waals surface area (Å²) in [6.07, 6.45) is 0. The van der Waals surface area contributed by atoms with E-state index in [0.29, 0.717) is 17.2 Å². The molecule has 0 aliphatic carbocycles. The second kappa shape index (κ2) is 6.33. The molecular weight excluding hydrogens is 340 g/mol. The molecule has 7 heteroatoms. The smallest absolute Gasteiger partial charge is 0.238 e. The first kappa shape index (κ1) is 15.8. The normalized spacial score (nSPS) is 18.9. The lowest BCUT2D eigenvalue weighted by atomic mass is 10.1. The summed E-state index contributed by atoms with van der Waals surface area (Å²) in [6.45, 7) is 1.94. The van der Waals surface area contributed by atoms with Crippen LogP contribution in [0.5, 0.6) is 11.5 Å². The van der Waals surface area contributed by atoms with Gasteiger partial charge in [0, 0.05) is 16.6 Å². The maximum absolute atomic E-state index is 12.6. The first-order chi connectivity index (χ1) is 12.1. The van der Waals surface area contributed by atoms with E-state index >= 15 is 0 Å². The van der Waals surface area contributed by atoms with Gasteiger partial charge in [-0.1, -0.05) is 19.1 Å². The number of thioether (sulfide) groups is 1. The SMILES string of the molecule is CC(C(=O)Nc1ccc2c(c1)OCO2)C1Sc2ccccc2NC1=O. The molecule has 2 aliphatic heterocycles. The molecule has 4 rings (SSSR count). The van der Waals surface area contributed by atoms with Gasteiger partial charge < -0.3 is 20.1 Å². The highest BCUT2D eigenvalue weighted by atomic mass is 32.2. The molecule has 0 bridgehead atoms. The Balaban J connectivity index is 1.48. The minimum atomic E-state index is -0.497. The van der Waals surface area contributed by atoms with Crippen LogP contribution in [-0.2, 0) is 9.59 Å². The first-order valence-corrected chi connectivity index (χ1v) is 8.77. The number of ether oxygens (including phenoxy) is 2. The lowest BCUT2D eigenvalue weighted by molar-refractivity contribution is -0.123. The Kier molecular flexibility index (Phi) is 4.01. The minimum absolute atomic E-state index is 0.156. The molecule has 2 N–H and O–H groups in total. The molecule has 0 saturated heterocycles. The predicted octanol–water partition coefficient (Wildman–Crippen LogP) is 3.10. The zero-order chi connectivity index (χ0) is 17.4. The predicted molar refractivity (Wildman–Crippen MR) is 95.1 cm³/mol. The van der Waals surface area contributed by atoms with E-state index in [1.807, 2.05) is 24.3 Å².